The van der Waals surface area contributed by atoms with E-state index in [-0.39, 0.29) is 5.43 Å². The van der Waals surface area contributed by atoms with E-state index in [4.69, 9.17) is 20.8 Å². The predicted octanol–water partition coefficient (Wildman–Crippen LogP) is 5.44. The molecule has 0 spiro atoms. The maximum atomic E-state index is 13.1. The molecule has 0 N–H and O–H groups in total. The first-order chi connectivity index (χ1) is 16.0. The number of pyridine rings is 1. The molecule has 0 aliphatic carbocycles. The summed E-state index contributed by atoms with van der Waals surface area (Å²) in [7, 11) is 4.22. The Balaban J connectivity index is 1.38. The van der Waals surface area contributed by atoms with Crippen LogP contribution in [0.2, 0.25) is 5.02 Å². The molecule has 7 heteroatoms. The molecule has 2 aromatic heterocycles. The summed E-state index contributed by atoms with van der Waals surface area (Å²) in [6.07, 6.45) is 4.36. The highest BCUT2D eigenvalue weighted by atomic mass is 35.5. The van der Waals surface area contributed by atoms with Crippen LogP contribution in [-0.4, -0.2) is 43.1 Å². The van der Waals surface area contributed by atoms with Gasteiger partial charge in [-0.3, -0.25) is 4.79 Å². The van der Waals surface area contributed by atoms with Crippen LogP contribution in [0.25, 0.3) is 22.1 Å². The zero-order valence-electron chi connectivity index (χ0n) is 18.5. The third kappa shape index (κ3) is 4.45. The summed E-state index contributed by atoms with van der Waals surface area (Å²) in [5.41, 5.74) is 1.59. The number of benzene rings is 2. The SMILES string of the molecule is CN(C)C1CCN(c2ccc(-c3coc4cc(Oc5ccc(Cl)cc5)ccc4c3=O)cn2)C1. The fourth-order valence-corrected chi connectivity index (χ4v) is 4.24. The quantitative estimate of drug-likeness (QED) is 0.394. The number of hydrogen-bond donors (Lipinski definition) is 0. The van der Waals surface area contributed by atoms with Gasteiger partial charge in [-0.1, -0.05) is 11.6 Å². The minimum absolute atomic E-state index is 0.0994. The first-order valence-corrected chi connectivity index (χ1v) is 11.2. The van der Waals surface area contributed by atoms with Gasteiger partial charge in [0.1, 0.15) is 29.2 Å². The van der Waals surface area contributed by atoms with Crippen LogP contribution in [0.1, 0.15) is 6.42 Å². The second kappa shape index (κ2) is 8.89. The molecule has 5 rings (SSSR count). The molecule has 168 valence electrons. The lowest BCUT2D eigenvalue weighted by Gasteiger charge is -2.21. The molecule has 1 unspecified atom stereocenters. The van der Waals surface area contributed by atoms with Crippen molar-refractivity contribution in [2.24, 2.45) is 0 Å². The first kappa shape index (κ1) is 21.5. The standard InChI is InChI=1S/C26H24ClN3O3/c1-29(2)19-11-12-30(15-19)25-10-3-17(14-28-25)23-16-32-24-13-21(8-9-22(24)26(23)31)33-20-6-4-18(27)5-7-20/h3-10,13-14,16,19H,11-12,15H2,1-2H3. The van der Waals surface area contributed by atoms with Crippen molar-refractivity contribution in [2.45, 2.75) is 12.5 Å². The van der Waals surface area contributed by atoms with Gasteiger partial charge in [-0.2, -0.15) is 0 Å². The summed E-state index contributed by atoms with van der Waals surface area (Å²) in [6.45, 7) is 1.94. The summed E-state index contributed by atoms with van der Waals surface area (Å²) in [6, 6.07) is 16.7. The Morgan fingerprint density at radius 3 is 2.58 bits per heavy atom. The Bertz CT molecular complexity index is 1330. The highest BCUT2D eigenvalue weighted by Crippen LogP contribution is 2.28. The fraction of sp³-hybridized carbons (Fsp3) is 0.231. The Labute approximate surface area is 197 Å². The third-order valence-electron chi connectivity index (χ3n) is 6.07. The lowest BCUT2D eigenvalue weighted by atomic mass is 10.1. The topological polar surface area (TPSA) is 58.8 Å². The molecule has 33 heavy (non-hydrogen) atoms. The summed E-state index contributed by atoms with van der Waals surface area (Å²) in [5.74, 6) is 2.16. The molecule has 0 amide bonds. The van der Waals surface area contributed by atoms with E-state index in [1.54, 1.807) is 48.7 Å². The van der Waals surface area contributed by atoms with Crippen LogP contribution in [-0.2, 0) is 0 Å². The van der Waals surface area contributed by atoms with E-state index in [0.29, 0.717) is 39.1 Å². The van der Waals surface area contributed by atoms with Crippen LogP contribution in [0.15, 0.2) is 76.3 Å². The van der Waals surface area contributed by atoms with Crippen LogP contribution < -0.4 is 15.1 Å². The fourth-order valence-electron chi connectivity index (χ4n) is 4.11. The second-order valence-electron chi connectivity index (χ2n) is 8.45. The van der Waals surface area contributed by atoms with E-state index in [1.165, 1.54) is 6.26 Å². The average Bonchev–Trinajstić information content (AvgIpc) is 3.32. The normalized spacial score (nSPS) is 16.0. The van der Waals surface area contributed by atoms with Crippen molar-refractivity contribution in [1.29, 1.82) is 0 Å². The molecule has 0 radical (unpaired) electrons. The predicted molar refractivity (Wildman–Crippen MR) is 132 cm³/mol. The average molecular weight is 462 g/mol. The Morgan fingerprint density at radius 2 is 1.88 bits per heavy atom. The number of aromatic nitrogens is 1. The third-order valence-corrected chi connectivity index (χ3v) is 6.32. The largest absolute Gasteiger partial charge is 0.463 e. The van der Waals surface area contributed by atoms with Gasteiger partial charge in [0, 0.05) is 42.0 Å². The molecule has 0 bridgehead atoms. The van der Waals surface area contributed by atoms with Gasteiger partial charge in [0.05, 0.1) is 10.9 Å². The molecule has 2 aromatic carbocycles. The van der Waals surface area contributed by atoms with Crippen LogP contribution >= 0.6 is 11.6 Å². The molecule has 1 aliphatic heterocycles. The van der Waals surface area contributed by atoms with E-state index >= 15 is 0 Å². The summed E-state index contributed by atoms with van der Waals surface area (Å²) >= 11 is 5.92. The Kier molecular flexibility index (Phi) is 5.79. The van der Waals surface area contributed by atoms with Gasteiger partial charge in [-0.15, -0.1) is 0 Å². The maximum Gasteiger partial charge on any atom is 0.200 e. The van der Waals surface area contributed by atoms with Gasteiger partial charge in [0.15, 0.2) is 0 Å². The minimum Gasteiger partial charge on any atom is -0.463 e. The molecule has 1 atom stereocenters. The number of nitrogens with zero attached hydrogens (tertiary/aromatic N) is 3. The maximum absolute atomic E-state index is 13.1. The van der Waals surface area contributed by atoms with Crippen molar-refractivity contribution in [3.05, 3.63) is 82.3 Å². The van der Waals surface area contributed by atoms with Gasteiger partial charge in [-0.05, 0) is 69.0 Å². The van der Waals surface area contributed by atoms with E-state index in [9.17, 15) is 4.79 Å². The molecular formula is C26H24ClN3O3. The number of anilines is 1. The highest BCUT2D eigenvalue weighted by molar-refractivity contribution is 6.30. The van der Waals surface area contributed by atoms with E-state index in [0.717, 1.165) is 30.9 Å². The lowest BCUT2D eigenvalue weighted by molar-refractivity contribution is 0.315. The number of rotatable bonds is 5. The highest BCUT2D eigenvalue weighted by Gasteiger charge is 2.24. The molecule has 3 heterocycles. The summed E-state index contributed by atoms with van der Waals surface area (Å²) < 4.78 is 11.6. The number of ether oxygens (including phenoxy) is 1. The van der Waals surface area contributed by atoms with Crippen LogP contribution in [0.3, 0.4) is 0 Å². The van der Waals surface area contributed by atoms with Crippen molar-refractivity contribution >= 4 is 28.4 Å². The number of fused-ring (bicyclic) bond motifs is 1. The van der Waals surface area contributed by atoms with Crippen molar-refractivity contribution < 1.29 is 9.15 Å². The van der Waals surface area contributed by atoms with Crippen molar-refractivity contribution in [1.82, 2.24) is 9.88 Å². The van der Waals surface area contributed by atoms with Gasteiger partial charge in [0.2, 0.25) is 5.43 Å². The van der Waals surface area contributed by atoms with Crippen molar-refractivity contribution in [2.75, 3.05) is 32.1 Å². The van der Waals surface area contributed by atoms with Crippen LogP contribution in [0.5, 0.6) is 11.5 Å². The van der Waals surface area contributed by atoms with Crippen LogP contribution in [0, 0.1) is 0 Å². The van der Waals surface area contributed by atoms with Crippen LogP contribution in [0.4, 0.5) is 5.82 Å². The number of likely N-dealkylation sites (N-methyl/N-ethyl adjacent to an activating group) is 1. The van der Waals surface area contributed by atoms with Crippen molar-refractivity contribution in [3.8, 4) is 22.6 Å². The first-order valence-electron chi connectivity index (χ1n) is 10.8. The summed E-state index contributed by atoms with van der Waals surface area (Å²) in [4.78, 5) is 22.3. The molecule has 0 saturated carbocycles. The van der Waals surface area contributed by atoms with Gasteiger partial charge >= 0.3 is 0 Å². The number of hydrogen-bond acceptors (Lipinski definition) is 6. The van der Waals surface area contributed by atoms with E-state index < -0.39 is 0 Å². The van der Waals surface area contributed by atoms with Crippen molar-refractivity contribution in [3.63, 3.8) is 0 Å². The van der Waals surface area contributed by atoms with Gasteiger partial charge in [0.25, 0.3) is 0 Å². The smallest absolute Gasteiger partial charge is 0.200 e. The molecule has 1 saturated heterocycles. The number of halogens is 1. The monoisotopic (exact) mass is 461 g/mol. The second-order valence-corrected chi connectivity index (χ2v) is 8.89. The zero-order valence-corrected chi connectivity index (χ0v) is 19.2. The molecule has 6 nitrogen and oxygen atoms in total. The summed E-state index contributed by atoms with van der Waals surface area (Å²) in [5, 5.41) is 1.13. The van der Waals surface area contributed by atoms with Gasteiger partial charge < -0.3 is 19.0 Å². The zero-order chi connectivity index (χ0) is 22.9. The van der Waals surface area contributed by atoms with E-state index in [1.807, 2.05) is 12.1 Å². The van der Waals surface area contributed by atoms with E-state index in [2.05, 4.69) is 28.9 Å². The molecule has 4 aromatic rings. The molecule has 1 aliphatic rings. The van der Waals surface area contributed by atoms with Gasteiger partial charge in [-0.25, -0.2) is 4.98 Å². The Morgan fingerprint density at radius 1 is 1.09 bits per heavy atom. The lowest BCUT2D eigenvalue weighted by Crippen LogP contribution is -2.31. The molecular weight excluding hydrogens is 438 g/mol. The Hall–Kier alpha value is -3.35. The minimum atomic E-state index is -0.0994. The molecule has 1 fully saturated rings.